The van der Waals surface area contributed by atoms with E-state index in [1.165, 1.54) is 0 Å². The Morgan fingerprint density at radius 1 is 1.54 bits per heavy atom. The standard InChI is InChI=1S/C9H12O4/c1-2-8(10)13-7-5-12-6-3-4-11-9(6)7/h2,6-7,9H,1,3-5H2. The van der Waals surface area contributed by atoms with Crippen LogP contribution in [0.15, 0.2) is 12.7 Å². The van der Waals surface area contributed by atoms with Gasteiger partial charge in [-0.1, -0.05) is 6.58 Å². The highest BCUT2D eigenvalue weighted by Crippen LogP contribution is 2.28. The van der Waals surface area contributed by atoms with Crippen LogP contribution in [0.5, 0.6) is 0 Å². The molecule has 2 aliphatic heterocycles. The summed E-state index contributed by atoms with van der Waals surface area (Å²) in [6, 6.07) is 0. The van der Waals surface area contributed by atoms with Gasteiger partial charge >= 0.3 is 5.97 Å². The molecule has 2 heterocycles. The number of hydrogen-bond donors (Lipinski definition) is 0. The SMILES string of the molecule is C=CC(=O)OC1COC2CCOC21. The highest BCUT2D eigenvalue weighted by Gasteiger charge is 2.43. The number of rotatable bonds is 2. The van der Waals surface area contributed by atoms with Crippen molar-refractivity contribution in [1.82, 2.24) is 0 Å². The van der Waals surface area contributed by atoms with Crippen molar-refractivity contribution < 1.29 is 19.0 Å². The molecule has 2 saturated heterocycles. The average molecular weight is 184 g/mol. The second kappa shape index (κ2) is 3.47. The van der Waals surface area contributed by atoms with Crippen molar-refractivity contribution in [3.63, 3.8) is 0 Å². The molecule has 72 valence electrons. The molecular formula is C9H12O4. The molecule has 0 amide bonds. The number of ether oxygens (including phenoxy) is 3. The molecule has 4 heteroatoms. The Morgan fingerprint density at radius 3 is 3.15 bits per heavy atom. The summed E-state index contributed by atoms with van der Waals surface area (Å²) in [5.74, 6) is -0.412. The topological polar surface area (TPSA) is 44.8 Å². The largest absolute Gasteiger partial charge is 0.454 e. The first kappa shape index (κ1) is 8.72. The van der Waals surface area contributed by atoms with E-state index in [-0.39, 0.29) is 18.3 Å². The maximum absolute atomic E-state index is 10.9. The summed E-state index contributed by atoms with van der Waals surface area (Å²) in [4.78, 5) is 10.9. The van der Waals surface area contributed by atoms with E-state index < -0.39 is 5.97 Å². The maximum Gasteiger partial charge on any atom is 0.330 e. The van der Waals surface area contributed by atoms with Crippen molar-refractivity contribution >= 4 is 5.97 Å². The van der Waals surface area contributed by atoms with Crippen LogP contribution in [0.25, 0.3) is 0 Å². The van der Waals surface area contributed by atoms with Gasteiger partial charge < -0.3 is 14.2 Å². The van der Waals surface area contributed by atoms with E-state index in [4.69, 9.17) is 14.2 Å². The van der Waals surface area contributed by atoms with Crippen molar-refractivity contribution in [2.45, 2.75) is 24.7 Å². The monoisotopic (exact) mass is 184 g/mol. The summed E-state index contributed by atoms with van der Waals surface area (Å²) in [5, 5.41) is 0. The van der Waals surface area contributed by atoms with E-state index in [0.29, 0.717) is 13.2 Å². The van der Waals surface area contributed by atoms with Gasteiger partial charge in [0.2, 0.25) is 0 Å². The molecule has 4 nitrogen and oxygen atoms in total. The molecular weight excluding hydrogens is 172 g/mol. The molecule has 13 heavy (non-hydrogen) atoms. The molecule has 0 N–H and O–H groups in total. The zero-order valence-electron chi connectivity index (χ0n) is 7.27. The Morgan fingerprint density at radius 2 is 2.38 bits per heavy atom. The number of carbonyl (C=O) groups excluding carboxylic acids is 1. The molecule has 3 atom stereocenters. The molecule has 2 aliphatic rings. The van der Waals surface area contributed by atoms with E-state index in [0.717, 1.165) is 12.5 Å². The molecule has 0 aliphatic carbocycles. The van der Waals surface area contributed by atoms with Crippen molar-refractivity contribution in [3.05, 3.63) is 12.7 Å². The van der Waals surface area contributed by atoms with E-state index in [9.17, 15) is 4.79 Å². The summed E-state index contributed by atoms with van der Waals surface area (Å²) in [6.45, 7) is 4.46. The summed E-state index contributed by atoms with van der Waals surface area (Å²) in [6.07, 6.45) is 1.85. The number of esters is 1. The van der Waals surface area contributed by atoms with Crippen LogP contribution in [-0.2, 0) is 19.0 Å². The molecule has 2 fully saturated rings. The van der Waals surface area contributed by atoms with Crippen LogP contribution in [-0.4, -0.2) is 37.5 Å². The van der Waals surface area contributed by atoms with Gasteiger partial charge in [-0.15, -0.1) is 0 Å². The van der Waals surface area contributed by atoms with Crippen LogP contribution >= 0.6 is 0 Å². The van der Waals surface area contributed by atoms with E-state index >= 15 is 0 Å². The molecule has 0 bridgehead atoms. The minimum Gasteiger partial charge on any atom is -0.454 e. The van der Waals surface area contributed by atoms with E-state index in [2.05, 4.69) is 6.58 Å². The molecule has 0 saturated carbocycles. The third-order valence-corrected chi connectivity index (χ3v) is 2.35. The molecule has 0 aromatic carbocycles. The molecule has 0 spiro atoms. The van der Waals surface area contributed by atoms with E-state index in [1.54, 1.807) is 0 Å². The van der Waals surface area contributed by atoms with Crippen molar-refractivity contribution in [2.24, 2.45) is 0 Å². The second-order valence-electron chi connectivity index (χ2n) is 3.18. The lowest BCUT2D eigenvalue weighted by Gasteiger charge is -2.15. The number of hydrogen-bond acceptors (Lipinski definition) is 4. The number of carbonyl (C=O) groups is 1. The Labute approximate surface area is 76.5 Å². The Kier molecular flexibility index (Phi) is 2.33. The first-order chi connectivity index (χ1) is 6.31. The molecule has 0 aromatic heterocycles. The lowest BCUT2D eigenvalue weighted by Crippen LogP contribution is -2.31. The fraction of sp³-hybridized carbons (Fsp3) is 0.667. The van der Waals surface area contributed by atoms with Crippen LogP contribution in [0.1, 0.15) is 6.42 Å². The van der Waals surface area contributed by atoms with Crippen molar-refractivity contribution in [3.8, 4) is 0 Å². The lowest BCUT2D eigenvalue weighted by atomic mass is 10.1. The van der Waals surface area contributed by atoms with Gasteiger partial charge in [0.15, 0.2) is 6.10 Å². The van der Waals surface area contributed by atoms with Crippen LogP contribution in [0, 0.1) is 0 Å². The Bertz CT molecular complexity index is 226. The third-order valence-electron chi connectivity index (χ3n) is 2.35. The van der Waals surface area contributed by atoms with Crippen LogP contribution in [0.4, 0.5) is 0 Å². The fourth-order valence-electron chi connectivity index (χ4n) is 1.73. The van der Waals surface area contributed by atoms with Crippen LogP contribution in [0.2, 0.25) is 0 Å². The lowest BCUT2D eigenvalue weighted by molar-refractivity contribution is -0.147. The summed E-state index contributed by atoms with van der Waals surface area (Å²) in [5.41, 5.74) is 0. The van der Waals surface area contributed by atoms with Crippen molar-refractivity contribution in [2.75, 3.05) is 13.2 Å². The van der Waals surface area contributed by atoms with Gasteiger partial charge in [-0.2, -0.15) is 0 Å². The average Bonchev–Trinajstić information content (AvgIpc) is 2.69. The quantitative estimate of drug-likeness (QED) is 0.456. The van der Waals surface area contributed by atoms with Gasteiger partial charge in [-0.25, -0.2) is 4.79 Å². The normalized spacial score (nSPS) is 37.1. The summed E-state index contributed by atoms with van der Waals surface area (Å²) < 4.78 is 15.9. The maximum atomic E-state index is 10.9. The highest BCUT2D eigenvalue weighted by molar-refractivity contribution is 5.81. The Balaban J connectivity index is 1.93. The second-order valence-corrected chi connectivity index (χ2v) is 3.18. The van der Waals surface area contributed by atoms with Gasteiger partial charge in [0.25, 0.3) is 0 Å². The van der Waals surface area contributed by atoms with Gasteiger partial charge in [-0.05, 0) is 6.42 Å². The summed E-state index contributed by atoms with van der Waals surface area (Å²) in [7, 11) is 0. The number of fused-ring (bicyclic) bond motifs is 1. The van der Waals surface area contributed by atoms with E-state index in [1.807, 2.05) is 0 Å². The predicted molar refractivity (Wildman–Crippen MR) is 44.2 cm³/mol. The van der Waals surface area contributed by atoms with Crippen molar-refractivity contribution in [1.29, 1.82) is 0 Å². The first-order valence-electron chi connectivity index (χ1n) is 4.37. The zero-order chi connectivity index (χ0) is 9.26. The minimum absolute atomic E-state index is 0.0658. The summed E-state index contributed by atoms with van der Waals surface area (Å²) >= 11 is 0. The predicted octanol–water partition coefficient (Wildman–Crippen LogP) is 0.272. The molecule has 0 radical (unpaired) electrons. The minimum atomic E-state index is -0.412. The van der Waals surface area contributed by atoms with Crippen LogP contribution in [0.3, 0.4) is 0 Å². The smallest absolute Gasteiger partial charge is 0.330 e. The molecule has 2 rings (SSSR count). The third kappa shape index (κ3) is 1.59. The van der Waals surface area contributed by atoms with Gasteiger partial charge in [0.05, 0.1) is 12.7 Å². The van der Waals surface area contributed by atoms with Gasteiger partial charge in [-0.3, -0.25) is 0 Å². The fourth-order valence-corrected chi connectivity index (χ4v) is 1.73. The first-order valence-corrected chi connectivity index (χ1v) is 4.37. The highest BCUT2D eigenvalue weighted by atomic mass is 16.6. The Hall–Kier alpha value is -0.870. The molecule has 0 aromatic rings. The van der Waals surface area contributed by atoms with Gasteiger partial charge in [0.1, 0.15) is 6.10 Å². The van der Waals surface area contributed by atoms with Gasteiger partial charge in [0, 0.05) is 12.7 Å². The zero-order valence-corrected chi connectivity index (χ0v) is 7.27. The van der Waals surface area contributed by atoms with Crippen LogP contribution < -0.4 is 0 Å². The molecule has 3 unspecified atom stereocenters.